The number of benzene rings is 2. The van der Waals surface area contributed by atoms with Gasteiger partial charge in [0.1, 0.15) is 11.5 Å². The highest BCUT2D eigenvalue weighted by Gasteiger charge is 2.56. The molecule has 1 aliphatic heterocycles. The number of alkyl halides is 5. The van der Waals surface area contributed by atoms with Crippen molar-refractivity contribution in [2.24, 2.45) is 5.92 Å². The number of hydrogen-bond donors (Lipinski definition) is 3. The van der Waals surface area contributed by atoms with Gasteiger partial charge in [-0.1, -0.05) is 70.1 Å². The molecule has 0 radical (unpaired) electrons. The first-order valence-electron chi connectivity index (χ1n) is 14.7. The fourth-order valence-corrected chi connectivity index (χ4v) is 7.34. The van der Waals surface area contributed by atoms with Crippen LogP contribution in [0.25, 0.3) is 0 Å². The molecule has 3 atom stereocenters. The first-order valence-corrected chi connectivity index (χ1v) is 15.7. The van der Waals surface area contributed by atoms with Crippen molar-refractivity contribution in [3.05, 3.63) is 53.6 Å². The van der Waals surface area contributed by atoms with Crippen molar-refractivity contribution in [2.45, 2.75) is 112 Å². The Morgan fingerprint density at radius 3 is 2.07 bits per heavy atom. The lowest BCUT2D eigenvalue weighted by atomic mass is 9.68. The molecule has 0 aromatic heterocycles. The van der Waals surface area contributed by atoms with E-state index in [4.69, 9.17) is 0 Å². The maximum Gasteiger partial charge on any atom is 0.453 e. The summed E-state index contributed by atoms with van der Waals surface area (Å²) in [5.41, 5.74) is 2.27. The minimum Gasteiger partial charge on any atom is -0.508 e. The summed E-state index contributed by atoms with van der Waals surface area (Å²) in [6, 6.07) is 13.0. The van der Waals surface area contributed by atoms with Crippen LogP contribution in [0.2, 0.25) is 0 Å². The van der Waals surface area contributed by atoms with Crippen molar-refractivity contribution < 1.29 is 42.1 Å². The van der Waals surface area contributed by atoms with E-state index in [0.29, 0.717) is 6.42 Å². The molecule has 0 spiro atoms. The number of aliphatic carboxylic acids is 1. The highest BCUT2D eigenvalue weighted by Crippen LogP contribution is 2.52. The molecule has 1 heterocycles. The topological polar surface area (TPSA) is 77.8 Å². The van der Waals surface area contributed by atoms with Crippen molar-refractivity contribution in [1.82, 2.24) is 0 Å². The largest absolute Gasteiger partial charge is 0.508 e. The van der Waals surface area contributed by atoms with E-state index in [1.54, 1.807) is 30.0 Å². The van der Waals surface area contributed by atoms with Gasteiger partial charge in [-0.3, -0.25) is 4.79 Å². The highest BCUT2D eigenvalue weighted by atomic mass is 32.2. The van der Waals surface area contributed by atoms with Crippen LogP contribution < -0.4 is 0 Å². The predicted molar refractivity (Wildman–Crippen MR) is 155 cm³/mol. The molecule has 1 aliphatic rings. The Morgan fingerprint density at radius 1 is 0.881 bits per heavy atom. The van der Waals surface area contributed by atoms with E-state index >= 15 is 0 Å². The molecule has 0 amide bonds. The van der Waals surface area contributed by atoms with Crippen molar-refractivity contribution in [3.8, 4) is 11.5 Å². The number of thioether (sulfide) groups is 1. The van der Waals surface area contributed by atoms with Gasteiger partial charge in [-0.25, -0.2) is 0 Å². The number of unbranched alkanes of at least 4 members (excludes halogenated alkanes) is 6. The summed E-state index contributed by atoms with van der Waals surface area (Å²) in [6.07, 6.45) is -0.0611. The Morgan fingerprint density at radius 2 is 1.45 bits per heavy atom. The van der Waals surface area contributed by atoms with Crippen LogP contribution in [0.5, 0.6) is 11.5 Å². The number of halogens is 5. The van der Waals surface area contributed by atoms with Crippen LogP contribution in [0.15, 0.2) is 47.4 Å². The molecular weight excluding hydrogens is 575 g/mol. The number of carboxylic acid groups (broad SMARTS) is 1. The molecule has 2 unspecified atom stereocenters. The number of fused-ring (bicyclic) bond motifs is 1. The van der Waals surface area contributed by atoms with E-state index in [1.165, 1.54) is 11.1 Å². The molecule has 3 rings (SSSR count). The zero-order valence-electron chi connectivity index (χ0n) is 23.9. The van der Waals surface area contributed by atoms with Crippen LogP contribution in [-0.2, 0) is 10.2 Å². The Kier molecular flexibility index (Phi) is 12.0. The van der Waals surface area contributed by atoms with Gasteiger partial charge < -0.3 is 15.3 Å². The third-order valence-electron chi connectivity index (χ3n) is 8.55. The van der Waals surface area contributed by atoms with Gasteiger partial charge in [0.2, 0.25) is 0 Å². The van der Waals surface area contributed by atoms with Crippen LogP contribution in [0.4, 0.5) is 22.0 Å². The second-order valence-electron chi connectivity index (χ2n) is 11.7. The minimum absolute atomic E-state index is 0.133. The highest BCUT2D eigenvalue weighted by molar-refractivity contribution is 7.99. The van der Waals surface area contributed by atoms with Crippen LogP contribution in [0, 0.1) is 5.92 Å². The molecule has 42 heavy (non-hydrogen) atoms. The van der Waals surface area contributed by atoms with Crippen LogP contribution in [-0.4, -0.2) is 39.1 Å². The number of hydrogen-bond acceptors (Lipinski definition) is 4. The molecule has 3 N–H and O–H groups in total. The maximum absolute atomic E-state index is 13.1. The van der Waals surface area contributed by atoms with E-state index in [0.717, 1.165) is 55.6 Å². The maximum atomic E-state index is 13.1. The predicted octanol–water partition coefficient (Wildman–Crippen LogP) is 9.82. The molecule has 0 fully saturated rings. The Balaban J connectivity index is 1.41. The molecule has 2 aromatic carbocycles. The summed E-state index contributed by atoms with van der Waals surface area (Å²) < 4.78 is 63.1. The monoisotopic (exact) mass is 616 g/mol. The molecule has 4 nitrogen and oxygen atoms in total. The third kappa shape index (κ3) is 9.01. The first-order chi connectivity index (χ1) is 19.7. The summed E-state index contributed by atoms with van der Waals surface area (Å²) in [4.78, 5) is 12.5. The van der Waals surface area contributed by atoms with E-state index in [-0.39, 0.29) is 35.7 Å². The fraction of sp³-hybridized carbons (Fsp3) is 0.594. The standard InChI is InChI=1S/C32H41F5O4S/c1-30(23-13-15-24(38)16-14-23)21-42-28-20-25(39)17-18-26(28)27(30)12-8-6-4-2-3-5-7-10-22(29(40)41)11-9-19-31(33,34)32(35,36)37/h13-18,20,22,27,38-39H,2-12,19,21H2,1H3,(H,40,41)/t22-,27?,30?/m0/s1. The number of phenols is 2. The van der Waals surface area contributed by atoms with Gasteiger partial charge in [0.15, 0.2) is 0 Å². The normalized spacial score (nSPS) is 19.8. The molecule has 0 bridgehead atoms. The SMILES string of the molecule is CC1(c2ccc(O)cc2)CSc2cc(O)ccc2C1CCCCCCCCC[C@@H](CCCC(F)(F)C(F)(F)F)C(=O)O. The number of rotatable bonds is 16. The van der Waals surface area contributed by atoms with E-state index in [9.17, 15) is 42.1 Å². The lowest BCUT2D eigenvalue weighted by molar-refractivity contribution is -0.284. The van der Waals surface area contributed by atoms with Gasteiger partial charge in [-0.05, 0) is 67.0 Å². The minimum atomic E-state index is -5.61. The summed E-state index contributed by atoms with van der Waals surface area (Å²) in [6.45, 7) is 2.26. The summed E-state index contributed by atoms with van der Waals surface area (Å²) >= 11 is 1.74. The molecule has 0 aliphatic carbocycles. The molecule has 0 saturated heterocycles. The number of carboxylic acids is 1. The van der Waals surface area contributed by atoms with E-state index in [2.05, 4.69) is 6.92 Å². The zero-order valence-corrected chi connectivity index (χ0v) is 24.8. The van der Waals surface area contributed by atoms with Gasteiger partial charge in [0.25, 0.3) is 0 Å². The number of aromatic hydroxyl groups is 2. The van der Waals surface area contributed by atoms with Crippen molar-refractivity contribution in [2.75, 3.05) is 5.75 Å². The summed E-state index contributed by atoms with van der Waals surface area (Å²) in [7, 11) is 0. The van der Waals surface area contributed by atoms with Gasteiger partial charge in [0.05, 0.1) is 5.92 Å². The number of carbonyl (C=O) groups is 1. The summed E-state index contributed by atoms with van der Waals surface area (Å²) in [5, 5.41) is 29.1. The van der Waals surface area contributed by atoms with E-state index < -0.39 is 36.8 Å². The second kappa shape index (κ2) is 14.8. The van der Waals surface area contributed by atoms with Crippen molar-refractivity contribution in [1.29, 1.82) is 0 Å². The molecular formula is C32H41F5O4S. The molecule has 2 aromatic rings. The third-order valence-corrected chi connectivity index (χ3v) is 9.96. The summed E-state index contributed by atoms with van der Waals surface area (Å²) in [5.74, 6) is -5.24. The molecule has 10 heteroatoms. The Hall–Kier alpha value is -2.49. The smallest absolute Gasteiger partial charge is 0.453 e. The quantitative estimate of drug-likeness (QED) is 0.129. The van der Waals surface area contributed by atoms with Gasteiger partial charge in [0, 0.05) is 22.5 Å². The second-order valence-corrected chi connectivity index (χ2v) is 12.7. The lowest BCUT2D eigenvalue weighted by Crippen LogP contribution is -2.36. The fourth-order valence-electron chi connectivity index (χ4n) is 5.93. The van der Waals surface area contributed by atoms with E-state index in [1.807, 2.05) is 24.3 Å². The average Bonchev–Trinajstić information content (AvgIpc) is 2.91. The van der Waals surface area contributed by atoms with Crippen LogP contribution >= 0.6 is 11.8 Å². The zero-order chi connectivity index (χ0) is 31.0. The van der Waals surface area contributed by atoms with Crippen LogP contribution in [0.1, 0.15) is 101 Å². The van der Waals surface area contributed by atoms with Crippen molar-refractivity contribution in [3.63, 3.8) is 0 Å². The first kappa shape index (κ1) is 34.0. The van der Waals surface area contributed by atoms with Crippen LogP contribution in [0.3, 0.4) is 0 Å². The lowest BCUT2D eigenvalue weighted by Gasteiger charge is -2.43. The number of phenolic OH excluding ortho intramolecular Hbond substituents is 2. The molecule has 0 saturated carbocycles. The Labute approximate surface area is 248 Å². The average molecular weight is 617 g/mol. The van der Waals surface area contributed by atoms with Gasteiger partial charge in [-0.2, -0.15) is 22.0 Å². The molecule has 234 valence electrons. The van der Waals surface area contributed by atoms with Gasteiger partial charge >= 0.3 is 18.1 Å². The Bertz CT molecular complexity index is 1150. The van der Waals surface area contributed by atoms with Gasteiger partial charge in [-0.15, -0.1) is 11.8 Å². The van der Waals surface area contributed by atoms with Crippen molar-refractivity contribution >= 4 is 17.7 Å².